The van der Waals surface area contributed by atoms with E-state index in [1.807, 2.05) is 36.0 Å². The van der Waals surface area contributed by atoms with Crippen LogP contribution in [-0.2, 0) is 14.4 Å². The van der Waals surface area contributed by atoms with Crippen LogP contribution in [-0.4, -0.2) is 122 Å². The van der Waals surface area contributed by atoms with E-state index in [-0.39, 0.29) is 25.2 Å². The summed E-state index contributed by atoms with van der Waals surface area (Å²) in [6.07, 6.45) is 5.06. The average molecular weight is 575 g/mol. The number of likely N-dealkylation sites (tertiary alicyclic amines) is 2. The summed E-state index contributed by atoms with van der Waals surface area (Å²) in [7, 11) is 5.63. The number of fused-ring (bicyclic) bond motifs is 1. The van der Waals surface area contributed by atoms with Gasteiger partial charge in [0.15, 0.2) is 11.5 Å². The molecule has 3 aliphatic heterocycles. The van der Waals surface area contributed by atoms with Gasteiger partial charge in [0.2, 0.25) is 24.4 Å². The first-order valence-electron chi connectivity index (χ1n) is 14.9. The quantitative estimate of drug-likeness (QED) is 0.316. The maximum absolute atomic E-state index is 13.7. The number of hydrogen-bond acceptors (Lipinski definition) is 8. The molecule has 11 nitrogen and oxygen atoms in total. The van der Waals surface area contributed by atoms with Gasteiger partial charge in [-0.25, -0.2) is 0 Å². The zero-order valence-corrected chi connectivity index (χ0v) is 25.0. The number of unbranched alkanes of at least 4 members (excludes halogenated alkanes) is 2. The van der Waals surface area contributed by atoms with Gasteiger partial charge in [-0.15, -0.1) is 0 Å². The van der Waals surface area contributed by atoms with Gasteiger partial charge in [-0.05, 0) is 64.0 Å². The number of amides is 2. The number of benzene rings is 1. The minimum Gasteiger partial charge on any atom is -0.493 e. The first-order valence-corrected chi connectivity index (χ1v) is 14.9. The van der Waals surface area contributed by atoms with Crippen LogP contribution in [0, 0.1) is 5.92 Å². The van der Waals surface area contributed by atoms with Crippen LogP contribution in [0.4, 0.5) is 0 Å². The fourth-order valence-corrected chi connectivity index (χ4v) is 6.26. The van der Waals surface area contributed by atoms with Gasteiger partial charge < -0.3 is 34.0 Å². The van der Waals surface area contributed by atoms with Crippen LogP contribution in [0.15, 0.2) is 12.1 Å². The lowest BCUT2D eigenvalue weighted by Gasteiger charge is -2.32. The average Bonchev–Trinajstić information content (AvgIpc) is 3.66. The predicted octanol–water partition coefficient (Wildman–Crippen LogP) is 2.49. The molecule has 2 fully saturated rings. The molecule has 1 N–H and O–H groups in total. The molecule has 3 aliphatic rings. The van der Waals surface area contributed by atoms with Gasteiger partial charge in [-0.1, -0.05) is 13.3 Å². The Labute approximate surface area is 243 Å². The van der Waals surface area contributed by atoms with Crippen LogP contribution >= 0.6 is 0 Å². The number of nitrogens with zero attached hydrogens (tertiary/aromatic N) is 4. The summed E-state index contributed by atoms with van der Waals surface area (Å²) in [5, 5.41) is 10.5. The van der Waals surface area contributed by atoms with Gasteiger partial charge in [-0.3, -0.25) is 19.3 Å². The number of carbonyl (C=O) groups excluding carboxylic acids is 2. The molecule has 3 heterocycles. The summed E-state index contributed by atoms with van der Waals surface area (Å²) in [5.41, 5.74) is 0.762. The van der Waals surface area contributed by atoms with Gasteiger partial charge in [0, 0.05) is 51.1 Å². The van der Waals surface area contributed by atoms with Crippen molar-refractivity contribution in [3.63, 3.8) is 0 Å². The van der Waals surface area contributed by atoms with Crippen molar-refractivity contribution in [1.82, 2.24) is 19.6 Å². The Morgan fingerprint density at radius 1 is 1.12 bits per heavy atom. The lowest BCUT2D eigenvalue weighted by Crippen LogP contribution is -2.49. The molecular weight excluding hydrogens is 528 g/mol. The van der Waals surface area contributed by atoms with Crippen molar-refractivity contribution in [2.45, 2.75) is 57.4 Å². The molecule has 0 bridgehead atoms. The monoisotopic (exact) mass is 574 g/mol. The van der Waals surface area contributed by atoms with Crippen LogP contribution in [0.2, 0.25) is 0 Å². The van der Waals surface area contributed by atoms with E-state index in [4.69, 9.17) is 14.2 Å². The Balaban J connectivity index is 1.59. The molecule has 0 spiro atoms. The van der Waals surface area contributed by atoms with E-state index < -0.39 is 23.8 Å². The lowest BCUT2D eigenvalue weighted by atomic mass is 9.84. The molecule has 3 atom stereocenters. The molecule has 2 amide bonds. The standard InChI is InChI=1S/C30H46N4O7/c1-5-6-12-32(13-8-7-11-31(2)3)27(36)19-34-17-22(21-15-24(39-4)29-25(16-21)40-20-41-29)28(30(37)38)23(34)18-33-14-9-10-26(33)35/h15-16,22-23,28H,5-14,17-20H2,1-4H3,(H,37,38)/t22-,23+,28-/m1/s1. The Kier molecular flexibility index (Phi) is 10.7. The molecule has 0 radical (unpaired) electrons. The third-order valence-corrected chi connectivity index (χ3v) is 8.48. The van der Waals surface area contributed by atoms with Gasteiger partial charge in [0.25, 0.3) is 0 Å². The van der Waals surface area contributed by atoms with E-state index in [9.17, 15) is 19.5 Å². The molecule has 228 valence electrons. The minimum atomic E-state index is -0.940. The molecule has 1 aromatic carbocycles. The highest BCUT2D eigenvalue weighted by Gasteiger charge is 2.49. The largest absolute Gasteiger partial charge is 0.493 e. The van der Waals surface area contributed by atoms with Crippen molar-refractivity contribution in [3.05, 3.63) is 17.7 Å². The zero-order valence-electron chi connectivity index (χ0n) is 25.0. The minimum absolute atomic E-state index is 0.00843. The van der Waals surface area contributed by atoms with E-state index in [2.05, 4.69) is 11.8 Å². The van der Waals surface area contributed by atoms with Crippen molar-refractivity contribution in [2.75, 3.05) is 73.8 Å². The van der Waals surface area contributed by atoms with Crippen LogP contribution in [0.1, 0.15) is 56.9 Å². The fourth-order valence-electron chi connectivity index (χ4n) is 6.26. The number of hydrogen-bond donors (Lipinski definition) is 1. The molecule has 0 unspecified atom stereocenters. The number of carboxylic acid groups (broad SMARTS) is 1. The van der Waals surface area contributed by atoms with Crippen LogP contribution in [0.25, 0.3) is 0 Å². The second-order valence-electron chi connectivity index (χ2n) is 11.6. The second kappa shape index (κ2) is 14.2. The van der Waals surface area contributed by atoms with E-state index in [0.29, 0.717) is 56.4 Å². The van der Waals surface area contributed by atoms with Crippen molar-refractivity contribution in [3.8, 4) is 17.2 Å². The van der Waals surface area contributed by atoms with Crippen molar-refractivity contribution in [1.29, 1.82) is 0 Å². The molecule has 0 aromatic heterocycles. The van der Waals surface area contributed by atoms with Crippen LogP contribution in [0.3, 0.4) is 0 Å². The maximum atomic E-state index is 13.7. The van der Waals surface area contributed by atoms with Gasteiger partial charge in [0.05, 0.1) is 19.6 Å². The zero-order chi connectivity index (χ0) is 29.5. The third kappa shape index (κ3) is 7.43. The number of aliphatic carboxylic acids is 1. The van der Waals surface area contributed by atoms with E-state index in [1.54, 1.807) is 12.0 Å². The molecule has 0 saturated carbocycles. The number of carbonyl (C=O) groups is 3. The molecule has 1 aromatic rings. The molecule has 2 saturated heterocycles. The summed E-state index contributed by atoms with van der Waals surface area (Å²) in [4.78, 5) is 47.0. The van der Waals surface area contributed by atoms with Crippen molar-refractivity contribution in [2.24, 2.45) is 5.92 Å². The summed E-state index contributed by atoms with van der Waals surface area (Å²) < 4.78 is 16.7. The van der Waals surface area contributed by atoms with Crippen LogP contribution < -0.4 is 14.2 Å². The van der Waals surface area contributed by atoms with Gasteiger partial charge >= 0.3 is 5.97 Å². The van der Waals surface area contributed by atoms with E-state index >= 15 is 0 Å². The fraction of sp³-hybridized carbons (Fsp3) is 0.700. The summed E-state index contributed by atoms with van der Waals surface area (Å²) in [5.74, 6) is -0.608. The number of carboxylic acids is 1. The SMILES string of the molecule is CCCCN(CCCCN(C)C)C(=O)CN1C[C@H](c2cc(OC)c3c(c2)OCO3)[C@@H](C(=O)O)[C@@H]1CN1CCCC1=O. The molecule has 11 heteroatoms. The second-order valence-corrected chi connectivity index (χ2v) is 11.6. The summed E-state index contributed by atoms with van der Waals surface area (Å²) >= 11 is 0. The van der Waals surface area contributed by atoms with E-state index in [0.717, 1.165) is 44.2 Å². The molecule has 0 aliphatic carbocycles. The number of methoxy groups -OCH3 is 1. The number of ether oxygens (including phenoxy) is 3. The van der Waals surface area contributed by atoms with E-state index in [1.165, 1.54) is 0 Å². The number of rotatable bonds is 15. The molecule has 41 heavy (non-hydrogen) atoms. The smallest absolute Gasteiger partial charge is 0.308 e. The lowest BCUT2D eigenvalue weighted by molar-refractivity contribution is -0.144. The Morgan fingerprint density at radius 2 is 1.88 bits per heavy atom. The third-order valence-electron chi connectivity index (χ3n) is 8.48. The maximum Gasteiger partial charge on any atom is 0.308 e. The van der Waals surface area contributed by atoms with Crippen LogP contribution in [0.5, 0.6) is 17.2 Å². The molecule has 4 rings (SSSR count). The molecular formula is C30H46N4O7. The van der Waals surface area contributed by atoms with Gasteiger partial charge in [-0.2, -0.15) is 0 Å². The first kappa shape index (κ1) is 30.9. The van der Waals surface area contributed by atoms with Gasteiger partial charge in [0.1, 0.15) is 0 Å². The normalized spacial score (nSPS) is 22.1. The Hall–Kier alpha value is -3.05. The Bertz CT molecular complexity index is 1080. The summed E-state index contributed by atoms with van der Waals surface area (Å²) in [6.45, 7) is 5.91. The Morgan fingerprint density at radius 3 is 2.54 bits per heavy atom. The van der Waals surface area contributed by atoms with Crippen molar-refractivity contribution < 1.29 is 33.7 Å². The highest BCUT2D eigenvalue weighted by molar-refractivity contribution is 5.80. The highest BCUT2D eigenvalue weighted by atomic mass is 16.7. The topological polar surface area (TPSA) is 112 Å². The first-order chi connectivity index (χ1) is 19.7. The van der Waals surface area contributed by atoms with Crippen molar-refractivity contribution >= 4 is 17.8 Å². The summed E-state index contributed by atoms with van der Waals surface area (Å²) in [6, 6.07) is 3.14. The predicted molar refractivity (Wildman–Crippen MR) is 153 cm³/mol. The highest BCUT2D eigenvalue weighted by Crippen LogP contribution is 2.47.